The van der Waals surface area contributed by atoms with Crippen LogP contribution in [0, 0.1) is 0 Å². The van der Waals surface area contributed by atoms with Gasteiger partial charge in [-0.3, -0.25) is 9.59 Å². The van der Waals surface area contributed by atoms with Gasteiger partial charge in [-0.05, 0) is 53.2 Å². The first-order valence-electron chi connectivity index (χ1n) is 7.89. The lowest BCUT2D eigenvalue weighted by Gasteiger charge is -2.02. The molecule has 2 N–H and O–H groups in total. The maximum absolute atomic E-state index is 12.1. The predicted molar refractivity (Wildman–Crippen MR) is 102 cm³/mol. The van der Waals surface area contributed by atoms with Gasteiger partial charge in [0.25, 0.3) is 5.91 Å². The van der Waals surface area contributed by atoms with Crippen molar-refractivity contribution in [2.45, 2.75) is 6.92 Å². The molecule has 1 aliphatic rings. The summed E-state index contributed by atoms with van der Waals surface area (Å²) in [4.78, 5) is 38.7. The molecule has 0 spiro atoms. The van der Waals surface area contributed by atoms with E-state index in [1.165, 1.54) is 30.8 Å². The Labute approximate surface area is 159 Å². The fourth-order valence-corrected chi connectivity index (χ4v) is 3.13. The fourth-order valence-electron chi connectivity index (χ4n) is 2.29. The van der Waals surface area contributed by atoms with Gasteiger partial charge in [0, 0.05) is 12.6 Å². The van der Waals surface area contributed by atoms with Crippen LogP contribution in [0.5, 0.6) is 0 Å². The highest BCUT2D eigenvalue weighted by Crippen LogP contribution is 2.28. The third-order valence-corrected chi connectivity index (χ3v) is 4.42. The summed E-state index contributed by atoms with van der Waals surface area (Å²) in [6.07, 6.45) is 1.65. The molecule has 0 aromatic heterocycles. The largest absolute Gasteiger partial charge is 0.545 e. The highest BCUT2D eigenvalue weighted by molar-refractivity contribution is 8.18. The molecule has 1 fully saturated rings. The van der Waals surface area contributed by atoms with Crippen molar-refractivity contribution in [3.8, 4) is 0 Å². The van der Waals surface area contributed by atoms with Crippen LogP contribution in [0.4, 0.5) is 11.4 Å². The summed E-state index contributed by atoms with van der Waals surface area (Å²) in [7, 11) is 0. The molecule has 2 amide bonds. The summed E-state index contributed by atoms with van der Waals surface area (Å²) in [5.41, 5.74) is 2.06. The van der Waals surface area contributed by atoms with E-state index in [-0.39, 0.29) is 17.4 Å². The van der Waals surface area contributed by atoms with Gasteiger partial charge in [-0.1, -0.05) is 24.3 Å². The van der Waals surface area contributed by atoms with Crippen LogP contribution in [0.15, 0.2) is 58.4 Å². The Hall–Kier alpha value is -3.39. The first-order chi connectivity index (χ1) is 12.9. The van der Waals surface area contributed by atoms with Crippen LogP contribution in [0.3, 0.4) is 0 Å². The molecule has 3 rings (SSSR count). The second-order valence-electron chi connectivity index (χ2n) is 5.62. The zero-order valence-electron chi connectivity index (χ0n) is 14.2. The number of carbonyl (C=O) groups excluding carboxylic acids is 3. The number of thioether (sulfide) groups is 1. The molecule has 27 heavy (non-hydrogen) atoms. The summed E-state index contributed by atoms with van der Waals surface area (Å²) in [6.45, 7) is 1.43. The molecule has 1 heterocycles. The number of hydrogen-bond donors (Lipinski definition) is 2. The van der Waals surface area contributed by atoms with Gasteiger partial charge in [-0.2, -0.15) is 0 Å². The van der Waals surface area contributed by atoms with Gasteiger partial charge in [0.15, 0.2) is 5.17 Å². The molecule has 0 saturated carbocycles. The average Bonchev–Trinajstić information content (AvgIpc) is 2.96. The highest BCUT2D eigenvalue weighted by atomic mass is 32.2. The Kier molecular flexibility index (Phi) is 5.37. The third kappa shape index (κ3) is 4.83. The van der Waals surface area contributed by atoms with Crippen molar-refractivity contribution in [1.82, 2.24) is 5.32 Å². The van der Waals surface area contributed by atoms with Gasteiger partial charge in [-0.15, -0.1) is 0 Å². The van der Waals surface area contributed by atoms with Crippen molar-refractivity contribution in [2.75, 3.05) is 5.32 Å². The van der Waals surface area contributed by atoms with Crippen LogP contribution >= 0.6 is 11.8 Å². The number of nitrogens with zero attached hydrogens (tertiary/aromatic N) is 1. The number of amides is 2. The van der Waals surface area contributed by atoms with Crippen molar-refractivity contribution in [3.05, 3.63) is 64.6 Å². The highest BCUT2D eigenvalue weighted by Gasteiger charge is 2.23. The summed E-state index contributed by atoms with van der Waals surface area (Å²) in [6, 6.07) is 12.9. The number of anilines is 1. The van der Waals surface area contributed by atoms with E-state index < -0.39 is 5.97 Å². The van der Waals surface area contributed by atoms with E-state index in [1.54, 1.807) is 42.5 Å². The lowest BCUT2D eigenvalue weighted by molar-refractivity contribution is -0.255. The maximum Gasteiger partial charge on any atom is 0.264 e. The molecule has 2 aromatic rings. The molecule has 0 atom stereocenters. The summed E-state index contributed by atoms with van der Waals surface area (Å²) >= 11 is 1.19. The lowest BCUT2D eigenvalue weighted by Crippen LogP contribution is -2.21. The van der Waals surface area contributed by atoms with E-state index in [1.807, 2.05) is 0 Å². The Morgan fingerprint density at radius 3 is 2.37 bits per heavy atom. The quantitative estimate of drug-likeness (QED) is 0.787. The first-order valence-corrected chi connectivity index (χ1v) is 8.71. The minimum Gasteiger partial charge on any atom is -0.545 e. The second kappa shape index (κ2) is 7.88. The number of rotatable bonds is 4. The van der Waals surface area contributed by atoms with Crippen molar-refractivity contribution in [3.63, 3.8) is 0 Å². The Balaban J connectivity index is 1.73. The monoisotopic (exact) mass is 380 g/mol. The minimum atomic E-state index is -1.25. The molecule has 1 aliphatic heterocycles. The minimum absolute atomic E-state index is 0.0747. The van der Waals surface area contributed by atoms with Gasteiger partial charge in [0.2, 0.25) is 5.91 Å². The molecule has 2 aromatic carbocycles. The molecule has 136 valence electrons. The smallest absolute Gasteiger partial charge is 0.264 e. The summed E-state index contributed by atoms with van der Waals surface area (Å²) in [5.74, 6) is -1.69. The number of nitrogens with one attached hydrogen (secondary N) is 2. The fraction of sp³-hybridized carbons (Fsp3) is 0.0526. The molecule has 0 unspecified atom stereocenters. The predicted octanol–water partition coefficient (Wildman–Crippen LogP) is 1.90. The first kappa shape index (κ1) is 18.4. The van der Waals surface area contributed by atoms with E-state index in [0.29, 0.717) is 27.0 Å². The number of aromatic carboxylic acids is 1. The van der Waals surface area contributed by atoms with E-state index in [4.69, 9.17) is 0 Å². The van der Waals surface area contributed by atoms with Crippen LogP contribution in [0.25, 0.3) is 6.08 Å². The zero-order valence-corrected chi connectivity index (χ0v) is 15.0. The summed E-state index contributed by atoms with van der Waals surface area (Å²) < 4.78 is 0. The number of aliphatic imine (C=N–C) groups is 1. The van der Waals surface area contributed by atoms with Crippen molar-refractivity contribution in [2.24, 2.45) is 4.99 Å². The molecule has 0 radical (unpaired) electrons. The molecule has 1 saturated heterocycles. The molecular weight excluding hydrogens is 366 g/mol. The zero-order chi connectivity index (χ0) is 19.4. The maximum atomic E-state index is 12.1. The molecular formula is C19H14N3O4S-. The number of benzene rings is 2. The Morgan fingerprint density at radius 2 is 1.78 bits per heavy atom. The van der Waals surface area contributed by atoms with Gasteiger partial charge in [-0.25, -0.2) is 4.99 Å². The number of carboxylic acids is 1. The molecule has 0 aliphatic carbocycles. The number of carbonyl (C=O) groups is 3. The van der Waals surface area contributed by atoms with E-state index in [0.717, 1.165) is 0 Å². The molecule has 8 heteroatoms. The molecule has 7 nitrogen and oxygen atoms in total. The van der Waals surface area contributed by atoms with Crippen molar-refractivity contribution >= 4 is 52.2 Å². The normalized spacial score (nSPS) is 16.4. The van der Waals surface area contributed by atoms with E-state index >= 15 is 0 Å². The van der Waals surface area contributed by atoms with Gasteiger partial charge in [0.05, 0.1) is 16.6 Å². The number of hydrogen-bond acceptors (Lipinski definition) is 6. The van der Waals surface area contributed by atoms with E-state index in [2.05, 4.69) is 15.6 Å². The van der Waals surface area contributed by atoms with Crippen molar-refractivity contribution in [1.29, 1.82) is 0 Å². The standard InChI is InChI=1S/C19H15N3O4S/c1-11(23)20-14-6-8-15(9-7-14)21-19-22-17(24)16(27-19)10-12-2-4-13(5-3-12)18(25)26/h2-10H,1H3,(H,20,23)(H,25,26)(H,21,22,24)/p-1/b16-10-. The van der Waals surface area contributed by atoms with Crippen LogP contribution in [-0.4, -0.2) is 23.0 Å². The van der Waals surface area contributed by atoms with Crippen LogP contribution in [0.1, 0.15) is 22.8 Å². The van der Waals surface area contributed by atoms with Crippen LogP contribution in [0.2, 0.25) is 0 Å². The summed E-state index contributed by atoms with van der Waals surface area (Å²) in [5, 5.41) is 16.5. The Bertz CT molecular complexity index is 963. The number of amidine groups is 1. The third-order valence-electron chi connectivity index (χ3n) is 3.51. The SMILES string of the molecule is CC(=O)Nc1ccc(N=C2NC(=O)/C(=C/c3ccc(C(=O)[O-])cc3)S2)cc1. The van der Waals surface area contributed by atoms with Crippen molar-refractivity contribution < 1.29 is 19.5 Å². The number of carboxylic acid groups (broad SMARTS) is 1. The van der Waals surface area contributed by atoms with E-state index in [9.17, 15) is 19.5 Å². The Morgan fingerprint density at radius 1 is 1.11 bits per heavy atom. The topological polar surface area (TPSA) is 111 Å². The molecule has 0 bridgehead atoms. The average molecular weight is 380 g/mol. The van der Waals surface area contributed by atoms with Crippen LogP contribution in [-0.2, 0) is 9.59 Å². The van der Waals surface area contributed by atoms with Gasteiger partial charge in [0.1, 0.15) is 0 Å². The van der Waals surface area contributed by atoms with Crippen LogP contribution < -0.4 is 15.7 Å². The van der Waals surface area contributed by atoms with Gasteiger partial charge >= 0.3 is 0 Å². The van der Waals surface area contributed by atoms with Gasteiger partial charge < -0.3 is 20.5 Å². The second-order valence-corrected chi connectivity index (χ2v) is 6.65. The lowest BCUT2D eigenvalue weighted by atomic mass is 10.1.